The highest BCUT2D eigenvalue weighted by atomic mass is 79.9. The number of amides is 4. The van der Waals surface area contributed by atoms with Gasteiger partial charge in [-0.05, 0) is 140 Å². The Hall–Kier alpha value is -0.220. The first-order valence-electron chi connectivity index (χ1n) is 9.50. The number of benzene rings is 3. The zero-order valence-electron chi connectivity index (χ0n) is 16.9. The SMILES string of the molecule is O=C1c2c(Br)c(Br)c(Br)c(Br)c2C(=O)N1c1ccccc1N1C(=O)c2c(Br)c(Br)c(Br)c(Br)c2C1=O. The Bertz CT molecular complexity index is 1410. The van der Waals surface area contributed by atoms with Crippen molar-refractivity contribution in [3.05, 3.63) is 82.3 Å². The summed E-state index contributed by atoms with van der Waals surface area (Å²) in [5.41, 5.74) is 0.786. The molecule has 0 N–H and O–H groups in total. The van der Waals surface area contributed by atoms with Gasteiger partial charge < -0.3 is 0 Å². The van der Waals surface area contributed by atoms with Gasteiger partial charge in [-0.25, -0.2) is 9.80 Å². The number of imide groups is 2. The Kier molecular flexibility index (Phi) is 7.41. The molecule has 0 saturated heterocycles. The normalized spacial score (nSPS) is 14.8. The van der Waals surface area contributed by atoms with Gasteiger partial charge in [-0.3, -0.25) is 19.2 Å². The van der Waals surface area contributed by atoms with Crippen LogP contribution in [0.3, 0.4) is 0 Å². The fourth-order valence-electron chi connectivity index (χ4n) is 3.98. The monoisotopic (exact) mass is 991 g/mol. The minimum atomic E-state index is -0.604. The van der Waals surface area contributed by atoms with E-state index in [1.54, 1.807) is 12.1 Å². The number of rotatable bonds is 2. The number of hydrogen-bond donors (Lipinski definition) is 0. The number of para-hydroxylation sites is 2. The van der Waals surface area contributed by atoms with Gasteiger partial charge in [0.25, 0.3) is 23.6 Å². The molecule has 0 atom stereocenters. The number of fused-ring (bicyclic) bond motifs is 2. The van der Waals surface area contributed by atoms with Crippen molar-refractivity contribution in [2.24, 2.45) is 0 Å². The molecule has 0 spiro atoms. The highest BCUT2D eigenvalue weighted by molar-refractivity contribution is 9.15. The predicted molar refractivity (Wildman–Crippen MR) is 163 cm³/mol. The van der Waals surface area contributed by atoms with Gasteiger partial charge in [-0.15, -0.1) is 0 Å². The molecular formula is C22H4Br8N2O4. The van der Waals surface area contributed by atoms with E-state index in [-0.39, 0.29) is 33.6 Å². The van der Waals surface area contributed by atoms with Crippen LogP contribution in [0, 0.1) is 0 Å². The Morgan fingerprint density at radius 2 is 0.611 bits per heavy atom. The van der Waals surface area contributed by atoms with Crippen molar-refractivity contribution in [3.8, 4) is 0 Å². The van der Waals surface area contributed by atoms with Crippen molar-refractivity contribution < 1.29 is 19.2 Å². The summed E-state index contributed by atoms with van der Waals surface area (Å²) in [4.78, 5) is 56.3. The molecule has 0 unspecified atom stereocenters. The Morgan fingerprint density at radius 3 is 0.833 bits per heavy atom. The first-order chi connectivity index (χ1) is 16.9. The minimum absolute atomic E-state index is 0.0922. The van der Waals surface area contributed by atoms with Crippen LogP contribution in [0.25, 0.3) is 0 Å². The van der Waals surface area contributed by atoms with Crippen LogP contribution >= 0.6 is 127 Å². The van der Waals surface area contributed by atoms with Crippen LogP contribution in [0.5, 0.6) is 0 Å². The Balaban J connectivity index is 1.70. The molecule has 0 aliphatic carbocycles. The van der Waals surface area contributed by atoms with E-state index in [1.165, 1.54) is 12.1 Å². The third kappa shape index (κ3) is 3.72. The molecule has 0 saturated carbocycles. The molecular weight excluding hydrogens is 995 g/mol. The van der Waals surface area contributed by atoms with Gasteiger partial charge >= 0.3 is 0 Å². The van der Waals surface area contributed by atoms with E-state index in [1.807, 2.05) is 0 Å². The zero-order valence-corrected chi connectivity index (χ0v) is 29.5. The number of anilines is 2. The molecule has 5 rings (SSSR count). The van der Waals surface area contributed by atoms with Crippen molar-refractivity contribution in [2.45, 2.75) is 0 Å². The summed E-state index contributed by atoms with van der Waals surface area (Å²) in [6.45, 7) is 0. The first-order valence-corrected chi connectivity index (χ1v) is 15.8. The molecule has 4 amide bonds. The maximum Gasteiger partial charge on any atom is 0.267 e. The number of halogens is 8. The Labute approximate surface area is 270 Å². The highest BCUT2D eigenvalue weighted by Crippen LogP contribution is 2.49. The van der Waals surface area contributed by atoms with Crippen molar-refractivity contribution >= 4 is 162 Å². The van der Waals surface area contributed by atoms with Crippen LogP contribution in [-0.2, 0) is 0 Å². The van der Waals surface area contributed by atoms with Gasteiger partial charge in [0.05, 0.1) is 33.6 Å². The lowest BCUT2D eigenvalue weighted by atomic mass is 10.1. The predicted octanol–water partition coefficient (Wildman–Crippen LogP) is 9.39. The molecule has 2 aliphatic rings. The minimum Gasteiger partial charge on any atom is -0.268 e. The van der Waals surface area contributed by atoms with E-state index in [0.717, 1.165) is 9.80 Å². The van der Waals surface area contributed by atoms with Crippen molar-refractivity contribution in [3.63, 3.8) is 0 Å². The second-order valence-corrected chi connectivity index (χ2v) is 13.7. The molecule has 0 aromatic heterocycles. The van der Waals surface area contributed by atoms with E-state index in [9.17, 15) is 19.2 Å². The summed E-state index contributed by atoms with van der Waals surface area (Å²) in [7, 11) is 0. The lowest BCUT2D eigenvalue weighted by molar-refractivity contribution is 0.0903. The first kappa shape index (κ1) is 27.4. The Morgan fingerprint density at radius 1 is 0.389 bits per heavy atom. The maximum atomic E-state index is 13.6. The molecule has 0 fully saturated rings. The molecule has 6 nitrogen and oxygen atoms in total. The molecule has 0 radical (unpaired) electrons. The van der Waals surface area contributed by atoms with Gasteiger partial charge in [0.2, 0.25) is 0 Å². The summed E-state index contributed by atoms with van der Waals surface area (Å²) in [5.74, 6) is -2.42. The molecule has 14 heteroatoms. The van der Waals surface area contributed by atoms with E-state index in [2.05, 4.69) is 127 Å². The van der Waals surface area contributed by atoms with E-state index in [0.29, 0.717) is 35.8 Å². The highest BCUT2D eigenvalue weighted by Gasteiger charge is 2.46. The van der Waals surface area contributed by atoms with Crippen LogP contribution in [0.1, 0.15) is 41.4 Å². The lowest BCUT2D eigenvalue weighted by Crippen LogP contribution is -2.35. The van der Waals surface area contributed by atoms with E-state index < -0.39 is 23.6 Å². The van der Waals surface area contributed by atoms with Crippen molar-refractivity contribution in [2.75, 3.05) is 9.80 Å². The smallest absolute Gasteiger partial charge is 0.267 e. The third-order valence-corrected chi connectivity index (χ3v) is 15.1. The molecule has 2 heterocycles. The molecule has 36 heavy (non-hydrogen) atoms. The summed E-state index contributed by atoms with van der Waals surface area (Å²) in [6, 6.07) is 6.27. The van der Waals surface area contributed by atoms with Gasteiger partial charge in [-0.1, -0.05) is 12.1 Å². The number of nitrogens with zero attached hydrogens (tertiary/aromatic N) is 2. The van der Waals surface area contributed by atoms with Crippen molar-refractivity contribution in [1.29, 1.82) is 0 Å². The summed E-state index contributed by atoms with van der Waals surface area (Å²) >= 11 is 27.3. The van der Waals surface area contributed by atoms with E-state index in [4.69, 9.17) is 0 Å². The molecule has 2 aliphatic heterocycles. The van der Waals surface area contributed by atoms with Crippen LogP contribution < -0.4 is 9.80 Å². The van der Waals surface area contributed by atoms with Crippen LogP contribution in [-0.4, -0.2) is 23.6 Å². The average molecular weight is 1000 g/mol. The number of hydrogen-bond acceptors (Lipinski definition) is 4. The van der Waals surface area contributed by atoms with Crippen LogP contribution in [0.15, 0.2) is 60.0 Å². The molecule has 3 aromatic carbocycles. The second kappa shape index (κ2) is 9.76. The average Bonchev–Trinajstić information content (AvgIpc) is 3.27. The zero-order chi connectivity index (χ0) is 26.4. The van der Waals surface area contributed by atoms with Crippen LogP contribution in [0.4, 0.5) is 11.4 Å². The maximum absolute atomic E-state index is 13.6. The summed E-state index contributed by atoms with van der Waals surface area (Å²) < 4.78 is 3.80. The molecule has 3 aromatic rings. The second-order valence-electron chi connectivity index (χ2n) is 7.39. The van der Waals surface area contributed by atoms with Gasteiger partial charge in [-0.2, -0.15) is 0 Å². The van der Waals surface area contributed by atoms with E-state index >= 15 is 0 Å². The fourth-order valence-corrected chi connectivity index (χ4v) is 8.89. The summed E-state index contributed by atoms with van der Waals surface area (Å²) in [5, 5.41) is 0. The summed E-state index contributed by atoms with van der Waals surface area (Å²) in [6.07, 6.45) is 0. The lowest BCUT2D eigenvalue weighted by Gasteiger charge is -2.23. The molecule has 182 valence electrons. The van der Waals surface area contributed by atoms with Gasteiger partial charge in [0, 0.05) is 35.8 Å². The largest absolute Gasteiger partial charge is 0.268 e. The third-order valence-electron chi connectivity index (χ3n) is 5.57. The molecule has 0 bridgehead atoms. The van der Waals surface area contributed by atoms with Gasteiger partial charge in [0.1, 0.15) is 0 Å². The van der Waals surface area contributed by atoms with Crippen LogP contribution in [0.2, 0.25) is 0 Å². The fraction of sp³-hybridized carbons (Fsp3) is 0. The van der Waals surface area contributed by atoms with Crippen molar-refractivity contribution in [1.82, 2.24) is 0 Å². The quantitative estimate of drug-likeness (QED) is 0.146. The van der Waals surface area contributed by atoms with Gasteiger partial charge in [0.15, 0.2) is 0 Å². The topological polar surface area (TPSA) is 74.8 Å². The standard InChI is InChI=1S/C22H4Br8N2O4/c23-11-7-8(12(24)16(28)15(11)27)20(34)31(19(7)33)5-3-1-2-4-6(5)32-21(35)9-10(22(32)36)14(26)18(30)17(29)13(9)25/h1-4H. The number of carbonyl (C=O) groups excluding carboxylic acids is 4. The number of carbonyl (C=O) groups is 4.